The van der Waals surface area contributed by atoms with Gasteiger partial charge in [-0.1, -0.05) is 121 Å². The minimum atomic E-state index is 1.16. The normalized spacial score (nSPS) is 11.3. The average molecular weight is 611 g/mol. The summed E-state index contributed by atoms with van der Waals surface area (Å²) in [7, 11) is 0. The van der Waals surface area contributed by atoms with Gasteiger partial charge in [-0.2, -0.15) is 0 Å². The predicted molar refractivity (Wildman–Crippen MR) is 202 cm³/mol. The fourth-order valence-corrected chi connectivity index (χ4v) is 7.10. The van der Waals surface area contributed by atoms with Crippen LogP contribution in [0.25, 0.3) is 88.0 Å². The minimum Gasteiger partial charge on any atom is -0.265 e. The van der Waals surface area contributed by atoms with Gasteiger partial charge < -0.3 is 0 Å². The summed E-state index contributed by atoms with van der Waals surface area (Å²) in [6, 6.07) is 57.4. The van der Waals surface area contributed by atoms with Crippen molar-refractivity contribution in [3.63, 3.8) is 0 Å². The predicted octanol–water partition coefficient (Wildman–Crippen LogP) is 12.3. The third-order valence-electron chi connectivity index (χ3n) is 9.48. The number of rotatable bonds is 5. The summed E-state index contributed by atoms with van der Waals surface area (Å²) < 4.78 is 0. The first kappa shape index (κ1) is 27.9. The molecule has 0 aliphatic rings. The second-order valence-electron chi connectivity index (χ2n) is 12.2. The maximum Gasteiger partial charge on any atom is 0.0273 e. The van der Waals surface area contributed by atoms with E-state index in [9.17, 15) is 0 Å². The largest absolute Gasteiger partial charge is 0.265 e. The van der Waals surface area contributed by atoms with Crippen molar-refractivity contribution in [2.75, 3.05) is 0 Å². The van der Waals surface area contributed by atoms with Crippen LogP contribution in [0.15, 0.2) is 183 Å². The van der Waals surface area contributed by atoms with E-state index in [2.05, 4.69) is 168 Å². The van der Waals surface area contributed by atoms with Crippen LogP contribution in [0.2, 0.25) is 0 Å². The van der Waals surface area contributed by atoms with Gasteiger partial charge in [0.25, 0.3) is 0 Å². The molecule has 0 amide bonds. The standard InChI is InChI=1S/C46H30N2/c1-2-6-38-29-39(18-13-31(38)5-1)40-19-20-43-44(30-40)46(37-16-11-33(12-17-37)35-23-27-48-28-24-35)42-8-4-3-7-41(42)45(43)36-14-9-32(10-15-36)34-21-25-47-26-22-34/h1-30H. The average Bonchev–Trinajstić information content (AvgIpc) is 3.17. The Balaban J connectivity index is 1.29. The summed E-state index contributed by atoms with van der Waals surface area (Å²) in [6.45, 7) is 0. The molecule has 2 heteroatoms. The molecule has 0 spiro atoms. The summed E-state index contributed by atoms with van der Waals surface area (Å²) in [6.07, 6.45) is 7.39. The highest BCUT2D eigenvalue weighted by molar-refractivity contribution is 6.22. The van der Waals surface area contributed by atoms with Crippen molar-refractivity contribution in [3.8, 4) is 55.6 Å². The van der Waals surface area contributed by atoms with Crippen LogP contribution in [0.1, 0.15) is 0 Å². The van der Waals surface area contributed by atoms with E-state index < -0.39 is 0 Å². The van der Waals surface area contributed by atoms with Gasteiger partial charge in [-0.15, -0.1) is 0 Å². The van der Waals surface area contributed by atoms with Gasteiger partial charge in [0.05, 0.1) is 0 Å². The van der Waals surface area contributed by atoms with Gasteiger partial charge in [0.1, 0.15) is 0 Å². The molecule has 0 bridgehead atoms. The van der Waals surface area contributed by atoms with Crippen LogP contribution in [0, 0.1) is 0 Å². The van der Waals surface area contributed by atoms with Crippen LogP contribution in [-0.2, 0) is 0 Å². The van der Waals surface area contributed by atoms with Gasteiger partial charge in [-0.25, -0.2) is 0 Å². The molecule has 48 heavy (non-hydrogen) atoms. The summed E-state index contributed by atoms with van der Waals surface area (Å²) >= 11 is 0. The Hall–Kier alpha value is -6.38. The van der Waals surface area contributed by atoms with E-state index >= 15 is 0 Å². The molecule has 9 rings (SSSR count). The van der Waals surface area contributed by atoms with E-state index in [1.807, 2.05) is 24.8 Å². The van der Waals surface area contributed by atoms with Crippen LogP contribution in [0.4, 0.5) is 0 Å². The van der Waals surface area contributed by atoms with E-state index in [0.717, 1.165) is 11.1 Å². The first-order chi connectivity index (χ1) is 23.8. The first-order valence-corrected chi connectivity index (χ1v) is 16.3. The van der Waals surface area contributed by atoms with Crippen LogP contribution >= 0.6 is 0 Å². The third kappa shape index (κ3) is 4.92. The fraction of sp³-hybridized carbons (Fsp3) is 0. The summed E-state index contributed by atoms with van der Waals surface area (Å²) in [4.78, 5) is 8.40. The van der Waals surface area contributed by atoms with Crippen molar-refractivity contribution in [1.82, 2.24) is 9.97 Å². The molecule has 0 atom stereocenters. The zero-order valence-electron chi connectivity index (χ0n) is 26.2. The molecule has 9 aromatic rings. The molecular formula is C46H30N2. The highest BCUT2D eigenvalue weighted by Crippen LogP contribution is 2.45. The lowest BCUT2D eigenvalue weighted by Crippen LogP contribution is -1.92. The SMILES string of the molecule is c1ccc2cc(-c3ccc4c(-c5ccc(-c6ccncc6)cc5)c5ccccc5c(-c5ccc(-c6ccncc6)cc5)c4c3)ccc2c1. The summed E-state index contributed by atoms with van der Waals surface area (Å²) in [5.74, 6) is 0. The first-order valence-electron chi connectivity index (χ1n) is 16.3. The molecule has 2 aromatic heterocycles. The molecule has 2 nitrogen and oxygen atoms in total. The Morgan fingerprint density at radius 2 is 0.646 bits per heavy atom. The van der Waals surface area contributed by atoms with Crippen LogP contribution in [0.5, 0.6) is 0 Å². The van der Waals surface area contributed by atoms with Crippen molar-refractivity contribution in [3.05, 3.63) is 183 Å². The lowest BCUT2D eigenvalue weighted by molar-refractivity contribution is 1.33. The number of benzene rings is 7. The van der Waals surface area contributed by atoms with Crippen molar-refractivity contribution in [2.45, 2.75) is 0 Å². The van der Waals surface area contributed by atoms with Crippen molar-refractivity contribution >= 4 is 32.3 Å². The Kier molecular flexibility index (Phi) is 6.84. The Morgan fingerprint density at radius 3 is 1.23 bits per heavy atom. The van der Waals surface area contributed by atoms with E-state index in [4.69, 9.17) is 0 Å². The number of hydrogen-bond donors (Lipinski definition) is 0. The number of fused-ring (bicyclic) bond motifs is 3. The maximum atomic E-state index is 4.21. The topological polar surface area (TPSA) is 25.8 Å². The van der Waals surface area contributed by atoms with Gasteiger partial charge in [0, 0.05) is 24.8 Å². The minimum absolute atomic E-state index is 1.16. The van der Waals surface area contributed by atoms with E-state index in [1.165, 1.54) is 76.8 Å². The van der Waals surface area contributed by atoms with Crippen LogP contribution in [-0.4, -0.2) is 9.97 Å². The smallest absolute Gasteiger partial charge is 0.0273 e. The van der Waals surface area contributed by atoms with E-state index in [-0.39, 0.29) is 0 Å². The maximum absolute atomic E-state index is 4.21. The third-order valence-corrected chi connectivity index (χ3v) is 9.48. The number of pyridine rings is 2. The molecule has 0 saturated carbocycles. The zero-order chi connectivity index (χ0) is 31.9. The molecule has 0 N–H and O–H groups in total. The summed E-state index contributed by atoms with van der Waals surface area (Å²) in [5.41, 5.74) is 12.0. The van der Waals surface area contributed by atoms with Gasteiger partial charge in [0.15, 0.2) is 0 Å². The van der Waals surface area contributed by atoms with Crippen LogP contribution in [0.3, 0.4) is 0 Å². The zero-order valence-corrected chi connectivity index (χ0v) is 26.2. The monoisotopic (exact) mass is 610 g/mol. The quantitative estimate of drug-likeness (QED) is 0.181. The molecule has 0 aliphatic heterocycles. The molecule has 7 aromatic carbocycles. The van der Waals surface area contributed by atoms with Gasteiger partial charge in [0.2, 0.25) is 0 Å². The summed E-state index contributed by atoms with van der Waals surface area (Å²) in [5, 5.41) is 7.46. The van der Waals surface area contributed by atoms with Crippen molar-refractivity contribution in [1.29, 1.82) is 0 Å². The van der Waals surface area contributed by atoms with E-state index in [0.29, 0.717) is 0 Å². The Morgan fingerprint density at radius 1 is 0.250 bits per heavy atom. The molecule has 224 valence electrons. The second-order valence-corrected chi connectivity index (χ2v) is 12.2. The molecular weight excluding hydrogens is 581 g/mol. The highest BCUT2D eigenvalue weighted by Gasteiger charge is 2.18. The molecule has 0 fully saturated rings. The number of aromatic nitrogens is 2. The molecule has 0 saturated heterocycles. The van der Waals surface area contributed by atoms with Gasteiger partial charge in [-0.05, 0) is 124 Å². The van der Waals surface area contributed by atoms with E-state index in [1.54, 1.807) is 0 Å². The number of nitrogens with zero attached hydrogens (tertiary/aromatic N) is 2. The molecule has 0 unspecified atom stereocenters. The molecule has 0 aliphatic carbocycles. The van der Waals surface area contributed by atoms with Gasteiger partial charge in [-0.3, -0.25) is 9.97 Å². The van der Waals surface area contributed by atoms with Crippen LogP contribution < -0.4 is 0 Å². The highest BCUT2D eigenvalue weighted by atomic mass is 14.6. The lowest BCUT2D eigenvalue weighted by Gasteiger charge is -2.19. The second kappa shape index (κ2) is 11.8. The Labute approximate surface area is 279 Å². The molecule has 2 heterocycles. The number of hydrogen-bond acceptors (Lipinski definition) is 2. The fourth-order valence-electron chi connectivity index (χ4n) is 7.10. The lowest BCUT2D eigenvalue weighted by atomic mass is 9.84. The van der Waals surface area contributed by atoms with Crippen molar-refractivity contribution < 1.29 is 0 Å². The Bertz CT molecular complexity index is 2570. The van der Waals surface area contributed by atoms with Crippen molar-refractivity contribution in [2.24, 2.45) is 0 Å². The van der Waals surface area contributed by atoms with Gasteiger partial charge >= 0.3 is 0 Å². The molecule has 0 radical (unpaired) electrons.